The quantitative estimate of drug-likeness (QED) is 0.0545. The third-order valence-electron chi connectivity index (χ3n) is 8.70. The number of carbonyl (C=O) groups excluding carboxylic acids is 3. The standard InChI is InChI=1S/C24H19N3O2.C16H28N6OS.2C2H6/c1-27-15-21(13-22(27)16-28)26-24(29)19-10-8-17(9-11-19)6-7-18-12-20-4-2-3-5-23(20)25-14-18;1-18-13-11-14(21(2)12-13)16(23)20-4-3-15(17)19-5-6-22-7-9-24-10-8-22;2*1-2/h2-16H,1H3,(H,26,29);11-12,18H,3-10H2,1-2H3,(H2,17,19)(H,20,23);2*1-2H3/b7-6+;;;. The summed E-state index contributed by atoms with van der Waals surface area (Å²) >= 11 is 2.01. The summed E-state index contributed by atoms with van der Waals surface area (Å²) in [6.07, 6.45) is 10.7. The highest BCUT2D eigenvalue weighted by atomic mass is 32.2. The molecule has 5 aromatic rings. The van der Waals surface area contributed by atoms with Crippen molar-refractivity contribution in [2.45, 2.75) is 34.1 Å². The second-order valence-corrected chi connectivity index (χ2v) is 13.8. The Kier molecular flexibility index (Phi) is 19.9. The normalized spacial score (nSPS) is 12.6. The molecule has 4 heterocycles. The number of fused-ring (bicyclic) bond motifs is 1. The Labute approximate surface area is 342 Å². The molecule has 0 unspecified atom stereocenters. The first kappa shape index (κ1) is 45.7. The Balaban J connectivity index is 0.000000286. The first-order valence-corrected chi connectivity index (χ1v) is 20.6. The van der Waals surface area contributed by atoms with Crippen LogP contribution in [0.1, 0.15) is 76.6 Å². The van der Waals surface area contributed by atoms with Crippen molar-refractivity contribution in [3.8, 4) is 0 Å². The van der Waals surface area contributed by atoms with Gasteiger partial charge >= 0.3 is 0 Å². The van der Waals surface area contributed by atoms with Crippen LogP contribution in [0.15, 0.2) is 90.3 Å². The fourth-order valence-electron chi connectivity index (χ4n) is 5.65. The highest BCUT2D eigenvalue weighted by Gasteiger charge is 2.12. The highest BCUT2D eigenvalue weighted by Crippen LogP contribution is 2.17. The minimum atomic E-state index is -0.220. The Bertz CT molecular complexity index is 2060. The van der Waals surface area contributed by atoms with Crippen molar-refractivity contribution in [3.63, 3.8) is 0 Å². The maximum absolute atomic E-state index is 12.4. The average Bonchev–Trinajstić information content (AvgIpc) is 3.82. The van der Waals surface area contributed by atoms with Crippen LogP contribution in [-0.4, -0.2) is 94.2 Å². The molecular weight excluding hydrogens is 735 g/mol. The summed E-state index contributed by atoms with van der Waals surface area (Å²) in [7, 11) is 5.44. The Hall–Kier alpha value is -5.66. The number of nitrogens with two attached hydrogens (primary N) is 1. The number of aliphatic imine (C=N–C) groups is 1. The third kappa shape index (κ3) is 14.7. The molecular formula is C44H59N9O3S. The molecule has 2 aromatic carbocycles. The molecule has 304 valence electrons. The van der Waals surface area contributed by atoms with Gasteiger partial charge in [0.15, 0.2) is 6.29 Å². The van der Waals surface area contributed by atoms with Crippen molar-refractivity contribution < 1.29 is 14.4 Å². The number of amidine groups is 1. The van der Waals surface area contributed by atoms with E-state index in [1.807, 2.05) is 121 Å². The minimum Gasteiger partial charge on any atom is -0.387 e. The summed E-state index contributed by atoms with van der Waals surface area (Å²) in [6.45, 7) is 12.5. The summed E-state index contributed by atoms with van der Waals surface area (Å²) in [6, 6.07) is 20.9. The fourth-order valence-corrected chi connectivity index (χ4v) is 6.63. The largest absolute Gasteiger partial charge is 0.387 e. The Morgan fingerprint density at radius 3 is 2.23 bits per heavy atom. The van der Waals surface area contributed by atoms with E-state index in [0.29, 0.717) is 41.4 Å². The van der Waals surface area contributed by atoms with Crippen LogP contribution in [0.3, 0.4) is 0 Å². The maximum atomic E-state index is 12.4. The van der Waals surface area contributed by atoms with Gasteiger partial charge < -0.3 is 30.8 Å². The van der Waals surface area contributed by atoms with E-state index >= 15 is 0 Å². The molecule has 1 aliphatic rings. The van der Waals surface area contributed by atoms with Crippen molar-refractivity contribution in [1.82, 2.24) is 24.3 Å². The molecule has 12 nitrogen and oxygen atoms in total. The number of pyridine rings is 1. The Morgan fingerprint density at radius 2 is 1.56 bits per heavy atom. The molecule has 6 rings (SSSR count). The number of amides is 2. The van der Waals surface area contributed by atoms with E-state index in [2.05, 4.69) is 36.9 Å². The van der Waals surface area contributed by atoms with Crippen LogP contribution in [0.4, 0.5) is 11.4 Å². The van der Waals surface area contributed by atoms with Crippen molar-refractivity contribution >= 4 is 70.1 Å². The molecule has 0 aliphatic carbocycles. The van der Waals surface area contributed by atoms with Gasteiger partial charge in [0.2, 0.25) is 0 Å². The van der Waals surface area contributed by atoms with E-state index in [1.54, 1.807) is 40.6 Å². The molecule has 0 bridgehead atoms. The number of carbonyl (C=O) groups is 3. The van der Waals surface area contributed by atoms with E-state index in [0.717, 1.165) is 60.2 Å². The van der Waals surface area contributed by atoms with Gasteiger partial charge in [-0.3, -0.25) is 29.3 Å². The van der Waals surface area contributed by atoms with Gasteiger partial charge in [0.05, 0.1) is 35.0 Å². The second-order valence-electron chi connectivity index (χ2n) is 12.6. The van der Waals surface area contributed by atoms with E-state index in [9.17, 15) is 14.4 Å². The Morgan fingerprint density at radius 1 is 0.877 bits per heavy atom. The predicted octanol–water partition coefficient (Wildman–Crippen LogP) is 7.45. The first-order valence-electron chi connectivity index (χ1n) is 19.5. The molecule has 0 saturated carbocycles. The zero-order valence-corrected chi connectivity index (χ0v) is 35.2. The minimum absolute atomic E-state index is 0.0994. The van der Waals surface area contributed by atoms with Gasteiger partial charge in [-0.15, -0.1) is 0 Å². The van der Waals surface area contributed by atoms with Crippen molar-refractivity contribution in [3.05, 3.63) is 113 Å². The molecule has 0 radical (unpaired) electrons. The molecule has 57 heavy (non-hydrogen) atoms. The summed E-state index contributed by atoms with van der Waals surface area (Å²) in [5, 5.41) is 9.81. The SMILES string of the molecule is CC.CC.CNc1cc(C(=O)NCCC(N)=NCCN2CCSCC2)n(C)c1.Cn1cc(NC(=O)c2ccc(/C=C/c3cnc4ccccc4c3)cc2)cc1C=O. The van der Waals surface area contributed by atoms with Gasteiger partial charge in [0.25, 0.3) is 11.8 Å². The van der Waals surface area contributed by atoms with Crippen LogP contribution < -0.4 is 21.7 Å². The topological polar surface area (TPSA) is 152 Å². The molecule has 13 heteroatoms. The monoisotopic (exact) mass is 793 g/mol. The third-order valence-corrected chi connectivity index (χ3v) is 9.65. The molecule has 1 aliphatic heterocycles. The van der Waals surface area contributed by atoms with Gasteiger partial charge in [0, 0.05) is 94.8 Å². The lowest BCUT2D eigenvalue weighted by Crippen LogP contribution is -2.35. The zero-order chi connectivity index (χ0) is 41.6. The lowest BCUT2D eigenvalue weighted by atomic mass is 10.1. The first-order chi connectivity index (χ1) is 27.7. The van der Waals surface area contributed by atoms with Crippen LogP contribution in [0.5, 0.6) is 0 Å². The van der Waals surface area contributed by atoms with Crippen LogP contribution >= 0.6 is 11.8 Å². The number of benzene rings is 2. The molecule has 0 spiro atoms. The lowest BCUT2D eigenvalue weighted by molar-refractivity contribution is 0.0945. The smallest absolute Gasteiger partial charge is 0.267 e. The maximum Gasteiger partial charge on any atom is 0.267 e. The number of nitrogens with one attached hydrogen (secondary N) is 3. The summed E-state index contributed by atoms with van der Waals surface area (Å²) < 4.78 is 3.47. The fraction of sp³-hybridized carbons (Fsp3) is 0.341. The van der Waals surface area contributed by atoms with Crippen LogP contribution in [0, 0.1) is 0 Å². The number of aldehydes is 1. The molecule has 2 amide bonds. The number of aryl methyl sites for hydroxylation is 2. The van der Waals surface area contributed by atoms with Gasteiger partial charge in [-0.2, -0.15) is 11.8 Å². The molecule has 1 saturated heterocycles. The number of hydrogen-bond donors (Lipinski definition) is 4. The number of aromatic nitrogens is 3. The van der Waals surface area contributed by atoms with Crippen molar-refractivity contribution in [1.29, 1.82) is 0 Å². The van der Waals surface area contributed by atoms with E-state index < -0.39 is 0 Å². The van der Waals surface area contributed by atoms with Gasteiger partial charge in [-0.25, -0.2) is 0 Å². The summed E-state index contributed by atoms with van der Waals surface area (Å²) in [4.78, 5) is 46.7. The van der Waals surface area contributed by atoms with Gasteiger partial charge in [0.1, 0.15) is 5.69 Å². The summed E-state index contributed by atoms with van der Waals surface area (Å²) in [5.41, 5.74) is 12.1. The number of rotatable bonds is 13. The van der Waals surface area contributed by atoms with Crippen LogP contribution in [0.25, 0.3) is 23.1 Å². The highest BCUT2D eigenvalue weighted by molar-refractivity contribution is 7.99. The molecule has 1 fully saturated rings. The van der Waals surface area contributed by atoms with Crippen LogP contribution in [0.2, 0.25) is 0 Å². The van der Waals surface area contributed by atoms with Gasteiger partial charge in [-0.05, 0) is 47.5 Å². The number of nitrogens with zero attached hydrogens (tertiary/aromatic N) is 5. The van der Waals surface area contributed by atoms with Gasteiger partial charge in [-0.1, -0.05) is 70.2 Å². The number of para-hydroxylation sites is 1. The van der Waals surface area contributed by atoms with Crippen molar-refractivity contribution in [2.24, 2.45) is 24.8 Å². The molecule has 5 N–H and O–H groups in total. The van der Waals surface area contributed by atoms with Crippen LogP contribution in [-0.2, 0) is 14.1 Å². The number of thioether (sulfide) groups is 1. The second kappa shape index (κ2) is 24.8. The van der Waals surface area contributed by atoms with Crippen molar-refractivity contribution in [2.75, 3.05) is 61.9 Å². The molecule has 0 atom stereocenters. The number of hydrogen-bond acceptors (Lipinski definition) is 8. The van der Waals surface area contributed by atoms with E-state index in [1.165, 1.54) is 11.5 Å². The summed E-state index contributed by atoms with van der Waals surface area (Å²) in [5.74, 6) is 2.70. The number of anilines is 2. The lowest BCUT2D eigenvalue weighted by Gasteiger charge is -2.25. The molecule has 3 aromatic heterocycles. The predicted molar refractivity (Wildman–Crippen MR) is 241 cm³/mol. The average molecular weight is 794 g/mol. The van der Waals surface area contributed by atoms with E-state index in [-0.39, 0.29) is 11.8 Å². The van der Waals surface area contributed by atoms with E-state index in [4.69, 9.17) is 5.73 Å². The zero-order valence-electron chi connectivity index (χ0n) is 34.4.